The molecule has 234 valence electrons. The largest absolute Gasteiger partial charge is 0.481 e. The van der Waals surface area contributed by atoms with Crippen LogP contribution in [0.4, 0.5) is 0 Å². The van der Waals surface area contributed by atoms with Crippen LogP contribution in [0, 0.1) is 0 Å². The summed E-state index contributed by atoms with van der Waals surface area (Å²) in [4.78, 5) is 25.2. The van der Waals surface area contributed by atoms with Gasteiger partial charge in [0, 0.05) is 44.6 Å². The van der Waals surface area contributed by atoms with E-state index in [0.29, 0.717) is 12.6 Å². The molecule has 3 aromatic rings. The summed E-state index contributed by atoms with van der Waals surface area (Å²) >= 11 is 0. The van der Waals surface area contributed by atoms with Crippen molar-refractivity contribution in [2.24, 2.45) is 0 Å². The molecule has 9 nitrogen and oxygen atoms in total. The lowest BCUT2D eigenvalue weighted by atomic mass is 9.98. The van der Waals surface area contributed by atoms with Crippen molar-refractivity contribution in [1.82, 2.24) is 10.2 Å². The van der Waals surface area contributed by atoms with Crippen LogP contribution in [-0.4, -0.2) is 65.9 Å². The van der Waals surface area contributed by atoms with Crippen molar-refractivity contribution in [2.75, 3.05) is 26.8 Å². The third-order valence-corrected chi connectivity index (χ3v) is 8.41. The smallest absolute Gasteiger partial charge is 0.303 e. The number of hydrogen-bond donors (Lipinski definition) is 3. The van der Waals surface area contributed by atoms with Crippen LogP contribution in [0.5, 0.6) is 0 Å². The van der Waals surface area contributed by atoms with Crippen LogP contribution < -0.4 is 5.32 Å². The molecule has 0 aromatic heterocycles. The first-order valence-electron chi connectivity index (χ1n) is 15.3. The fourth-order valence-corrected chi connectivity index (χ4v) is 6.01. The van der Waals surface area contributed by atoms with Crippen LogP contribution in [-0.2, 0) is 37.0 Å². The quantitative estimate of drug-likeness (QED) is 0.251. The van der Waals surface area contributed by atoms with Crippen LogP contribution in [0.25, 0.3) is 11.1 Å². The normalized spacial score (nSPS) is 22.1. The number of ether oxygens (including phenoxy) is 3. The van der Waals surface area contributed by atoms with E-state index in [1.54, 1.807) is 7.11 Å². The maximum atomic E-state index is 12.0. The summed E-state index contributed by atoms with van der Waals surface area (Å²) in [5, 5.41) is 21.1. The molecule has 1 amide bonds. The maximum absolute atomic E-state index is 12.0. The van der Waals surface area contributed by atoms with Gasteiger partial charge in [-0.05, 0) is 53.3 Å². The van der Waals surface area contributed by atoms with Crippen LogP contribution >= 0.6 is 0 Å². The number of likely N-dealkylation sites (tertiary alicyclic amines) is 1. The second kappa shape index (κ2) is 15.4. The Labute approximate surface area is 258 Å². The highest BCUT2D eigenvalue weighted by Crippen LogP contribution is 2.39. The first-order chi connectivity index (χ1) is 21.4. The van der Waals surface area contributed by atoms with E-state index in [9.17, 15) is 14.7 Å². The molecule has 9 heteroatoms. The number of methoxy groups -OCH3 is 1. The van der Waals surface area contributed by atoms with Gasteiger partial charge >= 0.3 is 5.97 Å². The Balaban J connectivity index is 1.29. The van der Waals surface area contributed by atoms with Gasteiger partial charge in [0.2, 0.25) is 5.91 Å². The molecule has 0 radical (unpaired) electrons. The van der Waals surface area contributed by atoms with Crippen molar-refractivity contribution in [3.63, 3.8) is 0 Å². The zero-order valence-electron chi connectivity index (χ0n) is 25.2. The molecule has 2 aliphatic heterocycles. The summed E-state index contributed by atoms with van der Waals surface area (Å²) < 4.78 is 18.6. The fraction of sp³-hybridized carbons (Fsp3) is 0.429. The maximum Gasteiger partial charge on any atom is 0.303 e. The Bertz CT molecular complexity index is 1380. The van der Waals surface area contributed by atoms with Crippen molar-refractivity contribution < 1.29 is 34.0 Å². The topological polar surface area (TPSA) is 118 Å². The SMILES string of the molecule is COC[C@@H]1CCCN1C[C@H]1C[C@@H](c2ccc(CO)cc2)O[C@@H](c2ccc(-c3cccc(CNC(=O)CCC(=O)O)c3)cc2)O1. The number of aliphatic hydroxyl groups is 1. The second-order valence-electron chi connectivity index (χ2n) is 11.6. The summed E-state index contributed by atoms with van der Waals surface area (Å²) in [6, 6.07) is 24.5. The Morgan fingerprint density at radius 2 is 1.73 bits per heavy atom. The standard InChI is InChI=1S/C35H42N2O7/c1-42-23-30-6-3-17-37(30)21-31-19-32(27-9-7-24(22-38)8-10-27)44-35(43-31)28-13-11-26(12-14-28)29-5-2-4-25(18-29)20-36-33(39)15-16-34(40)41/h2,4-5,7-14,18,30-32,35,38H,3,6,15-17,19-23H2,1H3,(H,36,39)(H,40,41)/t30-,31+,32-,35-/m0/s1. The van der Waals surface area contributed by atoms with Crippen LogP contribution in [0.3, 0.4) is 0 Å². The number of nitrogens with zero attached hydrogens (tertiary/aromatic N) is 1. The molecule has 2 fully saturated rings. The molecule has 44 heavy (non-hydrogen) atoms. The van der Waals surface area contributed by atoms with Crippen LogP contribution in [0.2, 0.25) is 0 Å². The Kier molecular flexibility index (Phi) is 11.1. The lowest BCUT2D eigenvalue weighted by molar-refractivity contribution is -0.253. The Hall–Kier alpha value is -3.60. The van der Waals surface area contributed by atoms with Gasteiger partial charge in [0.25, 0.3) is 0 Å². The van der Waals surface area contributed by atoms with E-state index in [-0.39, 0.29) is 37.6 Å². The van der Waals surface area contributed by atoms with Gasteiger partial charge in [0.1, 0.15) is 0 Å². The summed E-state index contributed by atoms with van der Waals surface area (Å²) in [6.07, 6.45) is 2.12. The van der Waals surface area contributed by atoms with E-state index in [4.69, 9.17) is 19.3 Å². The number of rotatable bonds is 13. The summed E-state index contributed by atoms with van der Waals surface area (Å²) in [5.41, 5.74) is 5.84. The van der Waals surface area contributed by atoms with Crippen molar-refractivity contribution in [3.8, 4) is 11.1 Å². The number of hydrogen-bond acceptors (Lipinski definition) is 7. The molecule has 0 aliphatic carbocycles. The first kappa shape index (κ1) is 31.8. The molecule has 2 saturated heterocycles. The number of aliphatic carboxylic acids is 1. The number of carboxylic acid groups (broad SMARTS) is 1. The molecule has 0 saturated carbocycles. The van der Waals surface area contributed by atoms with Crippen LogP contribution in [0.1, 0.15) is 66.8 Å². The van der Waals surface area contributed by atoms with Gasteiger partial charge in [-0.25, -0.2) is 0 Å². The fourth-order valence-electron chi connectivity index (χ4n) is 6.01. The third kappa shape index (κ3) is 8.52. The molecule has 0 unspecified atom stereocenters. The monoisotopic (exact) mass is 602 g/mol. The molecule has 4 atom stereocenters. The molecule has 0 spiro atoms. The molecular weight excluding hydrogens is 560 g/mol. The van der Waals surface area contributed by atoms with Gasteiger partial charge in [-0.15, -0.1) is 0 Å². The minimum atomic E-state index is -0.986. The molecule has 0 bridgehead atoms. The second-order valence-corrected chi connectivity index (χ2v) is 11.6. The van der Waals surface area contributed by atoms with E-state index in [0.717, 1.165) is 72.3 Å². The minimum absolute atomic E-state index is 0.00664. The summed E-state index contributed by atoms with van der Waals surface area (Å²) in [6.45, 7) is 2.91. The highest BCUT2D eigenvalue weighted by atomic mass is 16.7. The van der Waals surface area contributed by atoms with Gasteiger partial charge in [0.05, 0.1) is 31.8 Å². The van der Waals surface area contributed by atoms with Gasteiger partial charge in [-0.1, -0.05) is 66.7 Å². The first-order valence-corrected chi connectivity index (χ1v) is 15.3. The van der Waals surface area contributed by atoms with Crippen LogP contribution in [0.15, 0.2) is 72.8 Å². The van der Waals surface area contributed by atoms with E-state index >= 15 is 0 Å². The number of carboxylic acids is 1. The molecule has 2 heterocycles. The molecular formula is C35H42N2O7. The predicted molar refractivity (Wildman–Crippen MR) is 165 cm³/mol. The molecule has 5 rings (SSSR count). The van der Waals surface area contributed by atoms with E-state index < -0.39 is 12.3 Å². The van der Waals surface area contributed by atoms with Crippen molar-refractivity contribution >= 4 is 11.9 Å². The number of aliphatic hydroxyl groups excluding tert-OH is 1. The minimum Gasteiger partial charge on any atom is -0.481 e. The zero-order valence-corrected chi connectivity index (χ0v) is 25.2. The number of benzene rings is 3. The van der Waals surface area contributed by atoms with Gasteiger partial charge in [0.15, 0.2) is 6.29 Å². The van der Waals surface area contributed by atoms with Gasteiger partial charge in [-0.3, -0.25) is 14.5 Å². The third-order valence-electron chi connectivity index (χ3n) is 8.41. The molecule has 3 aromatic carbocycles. The average Bonchev–Trinajstić information content (AvgIpc) is 3.49. The average molecular weight is 603 g/mol. The van der Waals surface area contributed by atoms with E-state index in [1.165, 1.54) is 0 Å². The lowest BCUT2D eigenvalue weighted by Crippen LogP contribution is -2.42. The highest BCUT2D eigenvalue weighted by molar-refractivity contribution is 5.80. The van der Waals surface area contributed by atoms with Gasteiger partial charge in [-0.2, -0.15) is 0 Å². The number of carbonyl (C=O) groups excluding carboxylic acids is 1. The number of carbonyl (C=O) groups is 2. The Morgan fingerprint density at radius 1 is 0.955 bits per heavy atom. The highest BCUT2D eigenvalue weighted by Gasteiger charge is 2.35. The van der Waals surface area contributed by atoms with Crippen molar-refractivity contribution in [3.05, 3.63) is 95.1 Å². The number of amides is 1. The zero-order chi connectivity index (χ0) is 30.9. The van der Waals surface area contributed by atoms with E-state index in [1.807, 2.05) is 60.7 Å². The predicted octanol–water partition coefficient (Wildman–Crippen LogP) is 4.98. The molecule has 3 N–H and O–H groups in total. The Morgan fingerprint density at radius 3 is 2.45 bits per heavy atom. The van der Waals surface area contributed by atoms with Crippen molar-refractivity contribution in [1.29, 1.82) is 0 Å². The summed E-state index contributed by atoms with van der Waals surface area (Å²) in [5.74, 6) is -1.27. The van der Waals surface area contributed by atoms with Crippen molar-refractivity contribution in [2.45, 2.75) is 69.8 Å². The summed E-state index contributed by atoms with van der Waals surface area (Å²) in [7, 11) is 1.76. The van der Waals surface area contributed by atoms with Gasteiger partial charge < -0.3 is 29.7 Å². The molecule has 2 aliphatic rings. The lowest BCUT2D eigenvalue weighted by Gasteiger charge is -2.38. The van der Waals surface area contributed by atoms with E-state index in [2.05, 4.69) is 22.3 Å². The number of nitrogens with one attached hydrogen (secondary N) is 1.